The topological polar surface area (TPSA) is 109 Å². The molecule has 2 amide bonds. The van der Waals surface area contributed by atoms with Gasteiger partial charge in [0, 0.05) is 23.7 Å². The first-order valence-corrected chi connectivity index (χ1v) is 13.5. The summed E-state index contributed by atoms with van der Waals surface area (Å²) in [5, 5.41) is 14.7. The van der Waals surface area contributed by atoms with Gasteiger partial charge < -0.3 is 34.9 Å². The molecule has 2 heterocycles. The lowest BCUT2D eigenvalue weighted by atomic mass is 9.89. The van der Waals surface area contributed by atoms with E-state index in [-0.39, 0.29) is 37.9 Å². The molecule has 4 rings (SSSR count). The van der Waals surface area contributed by atoms with Gasteiger partial charge in [0.15, 0.2) is 6.29 Å². The fourth-order valence-electron chi connectivity index (χ4n) is 5.03. The standard InChI is InChI=1S/C29H39N3O6/c1-3-36-26(34)17-30-29(35)31-24-9-7-8-23(16-24)28-37-25(18-32-14-5-4-6-15-32)20(2)27(38-28)22-12-10-21(19-33)11-13-22/h7-13,16,20,25,27-28,33H,3-6,14-15,17-19H2,1-2H3,(H2,30,31,35)/t20-,25+,27+,28+/m1/s1. The van der Waals surface area contributed by atoms with Crippen LogP contribution in [0.25, 0.3) is 0 Å². The van der Waals surface area contributed by atoms with Gasteiger partial charge in [0.1, 0.15) is 6.54 Å². The van der Waals surface area contributed by atoms with Crippen LogP contribution in [0.5, 0.6) is 0 Å². The van der Waals surface area contributed by atoms with Crippen LogP contribution < -0.4 is 10.6 Å². The average Bonchev–Trinajstić information content (AvgIpc) is 2.94. The lowest BCUT2D eigenvalue weighted by Gasteiger charge is -2.43. The normalized spacial score (nSPS) is 24.0. The highest BCUT2D eigenvalue weighted by Gasteiger charge is 2.39. The molecule has 0 radical (unpaired) electrons. The Bertz CT molecular complexity index is 1060. The molecule has 2 aromatic rings. The number of nitrogens with zero attached hydrogens (tertiary/aromatic N) is 1. The second-order valence-corrected chi connectivity index (χ2v) is 9.92. The fourth-order valence-corrected chi connectivity index (χ4v) is 5.03. The van der Waals surface area contributed by atoms with Crippen molar-refractivity contribution >= 4 is 17.7 Å². The summed E-state index contributed by atoms with van der Waals surface area (Å²) in [5.41, 5.74) is 3.25. The number of hydrogen-bond donors (Lipinski definition) is 3. The largest absolute Gasteiger partial charge is 0.465 e. The minimum Gasteiger partial charge on any atom is -0.465 e. The number of amides is 2. The molecule has 2 aliphatic rings. The third-order valence-corrected chi connectivity index (χ3v) is 7.13. The third-order valence-electron chi connectivity index (χ3n) is 7.13. The molecule has 0 unspecified atom stereocenters. The monoisotopic (exact) mass is 525 g/mol. The van der Waals surface area contributed by atoms with Crippen molar-refractivity contribution in [1.29, 1.82) is 0 Å². The first-order chi connectivity index (χ1) is 18.5. The van der Waals surface area contributed by atoms with E-state index < -0.39 is 18.3 Å². The summed E-state index contributed by atoms with van der Waals surface area (Å²) < 4.78 is 17.9. The Kier molecular flexibility index (Phi) is 10.1. The highest BCUT2D eigenvalue weighted by atomic mass is 16.7. The number of aliphatic hydroxyl groups excluding tert-OH is 1. The van der Waals surface area contributed by atoms with Gasteiger partial charge >= 0.3 is 12.0 Å². The number of esters is 1. The SMILES string of the molecule is CCOC(=O)CNC(=O)Nc1cccc([C@H]2O[C@@H](CN3CCCCC3)[C@@H](C)[C@@H](c3ccc(CO)cc3)O2)c1. The molecular weight excluding hydrogens is 486 g/mol. The van der Waals surface area contributed by atoms with E-state index in [1.165, 1.54) is 19.3 Å². The smallest absolute Gasteiger partial charge is 0.325 e. The van der Waals surface area contributed by atoms with Gasteiger partial charge in [0.05, 0.1) is 25.4 Å². The Balaban J connectivity index is 1.50. The maximum absolute atomic E-state index is 12.3. The number of piperidine rings is 1. The van der Waals surface area contributed by atoms with Crippen molar-refractivity contribution in [2.45, 2.75) is 58.2 Å². The molecule has 0 bridgehead atoms. The zero-order valence-electron chi connectivity index (χ0n) is 22.2. The maximum atomic E-state index is 12.3. The summed E-state index contributed by atoms with van der Waals surface area (Å²) in [4.78, 5) is 26.3. The highest BCUT2D eigenvalue weighted by molar-refractivity contribution is 5.91. The van der Waals surface area contributed by atoms with Crippen molar-refractivity contribution in [2.24, 2.45) is 5.92 Å². The van der Waals surface area contributed by atoms with E-state index in [2.05, 4.69) is 22.5 Å². The van der Waals surface area contributed by atoms with Crippen LogP contribution in [-0.2, 0) is 25.6 Å². The van der Waals surface area contributed by atoms with Crippen molar-refractivity contribution < 1.29 is 28.9 Å². The summed E-state index contributed by atoms with van der Waals surface area (Å²) in [6.07, 6.45) is 2.83. The quantitative estimate of drug-likeness (QED) is 0.422. The van der Waals surface area contributed by atoms with Gasteiger partial charge in [-0.25, -0.2) is 4.79 Å². The van der Waals surface area contributed by atoms with Crippen molar-refractivity contribution in [1.82, 2.24) is 10.2 Å². The van der Waals surface area contributed by atoms with E-state index in [9.17, 15) is 14.7 Å². The van der Waals surface area contributed by atoms with Gasteiger partial charge in [-0.15, -0.1) is 0 Å². The molecule has 38 heavy (non-hydrogen) atoms. The predicted molar refractivity (Wildman–Crippen MR) is 143 cm³/mol. The van der Waals surface area contributed by atoms with Crippen LogP contribution in [0.15, 0.2) is 48.5 Å². The molecule has 0 saturated carbocycles. The third kappa shape index (κ3) is 7.54. The summed E-state index contributed by atoms with van der Waals surface area (Å²) >= 11 is 0. The van der Waals surface area contributed by atoms with Crippen molar-refractivity contribution in [3.05, 3.63) is 65.2 Å². The van der Waals surface area contributed by atoms with Crippen LogP contribution >= 0.6 is 0 Å². The van der Waals surface area contributed by atoms with E-state index in [0.29, 0.717) is 5.69 Å². The van der Waals surface area contributed by atoms with Gasteiger partial charge in [0.25, 0.3) is 0 Å². The first-order valence-electron chi connectivity index (χ1n) is 13.5. The Morgan fingerprint density at radius 1 is 1.05 bits per heavy atom. The molecule has 9 nitrogen and oxygen atoms in total. The van der Waals surface area contributed by atoms with E-state index >= 15 is 0 Å². The van der Waals surface area contributed by atoms with Crippen molar-refractivity contribution in [2.75, 3.05) is 38.1 Å². The number of benzene rings is 2. The number of carbonyl (C=O) groups is 2. The molecule has 2 aliphatic heterocycles. The molecule has 2 fully saturated rings. The number of likely N-dealkylation sites (tertiary alicyclic amines) is 1. The Morgan fingerprint density at radius 3 is 2.53 bits per heavy atom. The van der Waals surface area contributed by atoms with Crippen molar-refractivity contribution in [3.63, 3.8) is 0 Å². The predicted octanol–water partition coefficient (Wildman–Crippen LogP) is 4.14. The molecular formula is C29H39N3O6. The number of carbonyl (C=O) groups excluding carboxylic acids is 2. The Hall–Kier alpha value is -2.98. The number of rotatable bonds is 9. The van der Waals surface area contributed by atoms with Gasteiger partial charge in [-0.3, -0.25) is 4.79 Å². The number of hydrogen-bond acceptors (Lipinski definition) is 7. The van der Waals surface area contributed by atoms with E-state index in [1.807, 2.05) is 42.5 Å². The zero-order valence-corrected chi connectivity index (χ0v) is 22.2. The summed E-state index contributed by atoms with van der Waals surface area (Å²) in [6, 6.07) is 14.7. The van der Waals surface area contributed by atoms with Crippen LogP contribution in [-0.4, -0.2) is 60.9 Å². The molecule has 0 aromatic heterocycles. The van der Waals surface area contributed by atoms with Crippen LogP contribution in [0.4, 0.5) is 10.5 Å². The maximum Gasteiger partial charge on any atom is 0.325 e. The molecule has 3 N–H and O–H groups in total. The molecule has 2 aromatic carbocycles. The molecule has 206 valence electrons. The lowest BCUT2D eigenvalue weighted by Crippen LogP contribution is -2.45. The molecule has 4 atom stereocenters. The summed E-state index contributed by atoms with van der Waals surface area (Å²) in [6.45, 7) is 6.92. The fraction of sp³-hybridized carbons (Fsp3) is 0.517. The Morgan fingerprint density at radius 2 is 1.82 bits per heavy atom. The zero-order chi connectivity index (χ0) is 26.9. The Labute approximate surface area is 224 Å². The average molecular weight is 526 g/mol. The van der Waals surface area contributed by atoms with Gasteiger partial charge in [-0.05, 0) is 56.1 Å². The lowest BCUT2D eigenvalue weighted by molar-refractivity contribution is -0.276. The number of urea groups is 1. The van der Waals surface area contributed by atoms with Gasteiger partial charge in [-0.2, -0.15) is 0 Å². The minimum atomic E-state index is -0.618. The summed E-state index contributed by atoms with van der Waals surface area (Å²) in [7, 11) is 0. The van der Waals surface area contributed by atoms with Crippen LogP contribution in [0.1, 0.15) is 62.2 Å². The van der Waals surface area contributed by atoms with Crippen LogP contribution in [0.3, 0.4) is 0 Å². The summed E-state index contributed by atoms with van der Waals surface area (Å²) in [5.74, 6) is -0.379. The van der Waals surface area contributed by atoms with E-state index in [1.54, 1.807) is 13.0 Å². The van der Waals surface area contributed by atoms with Crippen LogP contribution in [0.2, 0.25) is 0 Å². The molecule has 0 spiro atoms. The molecule has 9 heteroatoms. The second-order valence-electron chi connectivity index (χ2n) is 9.92. The van der Waals surface area contributed by atoms with Gasteiger partial charge in [0.2, 0.25) is 0 Å². The minimum absolute atomic E-state index is 0.00215. The second kappa shape index (κ2) is 13.7. The van der Waals surface area contributed by atoms with Gasteiger partial charge in [-0.1, -0.05) is 49.7 Å². The highest BCUT2D eigenvalue weighted by Crippen LogP contribution is 2.42. The number of nitrogens with one attached hydrogen (secondary N) is 2. The van der Waals surface area contributed by atoms with Crippen molar-refractivity contribution in [3.8, 4) is 0 Å². The first kappa shape index (κ1) is 28.0. The molecule has 2 saturated heterocycles. The van der Waals surface area contributed by atoms with E-state index in [0.717, 1.165) is 36.3 Å². The van der Waals surface area contributed by atoms with E-state index in [4.69, 9.17) is 14.2 Å². The van der Waals surface area contributed by atoms with Crippen LogP contribution in [0, 0.1) is 5.92 Å². The number of anilines is 1. The number of aliphatic hydroxyl groups is 1. The number of ether oxygens (including phenoxy) is 3. The molecule has 0 aliphatic carbocycles.